The summed E-state index contributed by atoms with van der Waals surface area (Å²) in [6.07, 6.45) is 68.0. The molecule has 0 aliphatic carbocycles. The highest BCUT2D eigenvalue weighted by Crippen LogP contribution is 2.16. The van der Waals surface area contributed by atoms with Gasteiger partial charge in [-0.2, -0.15) is 0 Å². The molecule has 0 saturated heterocycles. The average Bonchev–Trinajstić information content (AvgIpc) is 3.33. The molecule has 8 nitrogen and oxygen atoms in total. The molecule has 8 heteroatoms. The Morgan fingerprint density at radius 2 is 0.800 bits per heavy atom. The van der Waals surface area contributed by atoms with Gasteiger partial charge in [0.1, 0.15) is 12.6 Å². The number of hydrogen-bond acceptors (Lipinski definition) is 7. The van der Waals surface area contributed by atoms with E-state index in [1.54, 1.807) is 21.1 Å². The highest BCUT2D eigenvalue weighted by Gasteiger charge is 2.25. The molecule has 0 bridgehead atoms. The molecule has 0 aromatic carbocycles. The van der Waals surface area contributed by atoms with Crippen LogP contribution in [0, 0.1) is 0 Å². The van der Waals surface area contributed by atoms with Crippen molar-refractivity contribution in [3.8, 4) is 0 Å². The predicted octanol–water partition coefficient (Wildman–Crippen LogP) is 16.1. The van der Waals surface area contributed by atoms with Crippen molar-refractivity contribution >= 4 is 17.9 Å². The van der Waals surface area contributed by atoms with Crippen LogP contribution < -0.4 is 5.11 Å². The summed E-state index contributed by atoms with van der Waals surface area (Å²) in [5.74, 6) is -1.75. The van der Waals surface area contributed by atoms with Gasteiger partial charge in [0.15, 0.2) is 6.10 Å². The summed E-state index contributed by atoms with van der Waals surface area (Å²) in [5, 5.41) is 11.7. The van der Waals surface area contributed by atoms with E-state index in [1.807, 2.05) is 0 Å². The second kappa shape index (κ2) is 52.1. The quantitative estimate of drug-likeness (QED) is 0.0259. The second-order valence-electron chi connectivity index (χ2n) is 20.5. The molecule has 0 saturated carbocycles. The summed E-state index contributed by atoms with van der Waals surface area (Å²) in [6.45, 7) is 4.56. The third-order valence-electron chi connectivity index (χ3n) is 12.8. The fraction of sp³-hybridized carbons (Fsp3) is 0.758. The number of aliphatic carboxylic acids is 1. The molecular formula is C62H109NO7. The summed E-state index contributed by atoms with van der Waals surface area (Å²) in [7, 11) is 5.42. The molecule has 0 rings (SSSR count). The van der Waals surface area contributed by atoms with Gasteiger partial charge in [-0.1, -0.05) is 222 Å². The number of nitrogens with zero attached hydrogens (tertiary/aromatic N) is 1. The summed E-state index contributed by atoms with van der Waals surface area (Å²) in [4.78, 5) is 37.2. The molecule has 0 N–H and O–H groups in total. The fourth-order valence-electron chi connectivity index (χ4n) is 8.39. The number of unbranched alkanes of at least 4 members (excludes halogenated alkanes) is 26. The van der Waals surface area contributed by atoms with Crippen LogP contribution in [0.3, 0.4) is 0 Å². The lowest BCUT2D eigenvalue weighted by Crippen LogP contribution is -2.55. The van der Waals surface area contributed by atoms with Crippen molar-refractivity contribution in [2.24, 2.45) is 0 Å². The van der Waals surface area contributed by atoms with E-state index in [9.17, 15) is 19.5 Å². The number of carboxylic acid groups (broad SMARTS) is 1. The monoisotopic (exact) mass is 980 g/mol. The molecule has 0 aromatic heterocycles. The first kappa shape index (κ1) is 66.8. The second-order valence-corrected chi connectivity index (χ2v) is 20.5. The molecule has 0 amide bonds. The Hall–Kier alpha value is -3.23. The van der Waals surface area contributed by atoms with Crippen molar-refractivity contribution in [1.29, 1.82) is 0 Å². The third kappa shape index (κ3) is 49.7. The van der Waals surface area contributed by atoms with Gasteiger partial charge in [0.25, 0.3) is 0 Å². The fourth-order valence-corrected chi connectivity index (χ4v) is 8.39. The van der Waals surface area contributed by atoms with Crippen LogP contribution in [0.25, 0.3) is 0 Å². The Balaban J connectivity index is 4.20. The van der Waals surface area contributed by atoms with Crippen molar-refractivity contribution in [3.05, 3.63) is 72.9 Å². The Labute approximate surface area is 431 Å². The minimum atomic E-state index is -1.13. The van der Waals surface area contributed by atoms with Crippen molar-refractivity contribution < 1.29 is 38.2 Å². The van der Waals surface area contributed by atoms with Gasteiger partial charge in [-0.15, -0.1) is 0 Å². The minimum Gasteiger partial charge on any atom is -0.544 e. The van der Waals surface area contributed by atoms with Crippen LogP contribution in [0.2, 0.25) is 0 Å². The van der Waals surface area contributed by atoms with Gasteiger partial charge < -0.3 is 28.6 Å². The molecule has 0 aliphatic heterocycles. The third-order valence-corrected chi connectivity index (χ3v) is 12.8. The number of carbonyl (C=O) groups excluding carboxylic acids is 3. The number of esters is 2. The Morgan fingerprint density at radius 1 is 0.443 bits per heavy atom. The first-order chi connectivity index (χ1) is 34.1. The maximum atomic E-state index is 12.8. The summed E-state index contributed by atoms with van der Waals surface area (Å²) in [5.41, 5.74) is 0. The lowest BCUT2D eigenvalue weighted by atomic mass is 10.1. The Kier molecular flexibility index (Phi) is 49.7. The van der Waals surface area contributed by atoms with Crippen LogP contribution in [-0.4, -0.2) is 75.5 Å². The largest absolute Gasteiger partial charge is 0.544 e. The van der Waals surface area contributed by atoms with Crippen LogP contribution in [0.5, 0.6) is 0 Å². The highest BCUT2D eigenvalue weighted by molar-refractivity contribution is 5.70. The molecule has 2 unspecified atom stereocenters. The number of hydrogen-bond donors (Lipinski definition) is 0. The van der Waals surface area contributed by atoms with Gasteiger partial charge >= 0.3 is 11.9 Å². The molecule has 0 spiro atoms. The molecule has 0 radical (unpaired) electrons. The van der Waals surface area contributed by atoms with Crippen molar-refractivity contribution in [1.82, 2.24) is 0 Å². The van der Waals surface area contributed by atoms with Crippen LogP contribution in [-0.2, 0) is 28.6 Å². The predicted molar refractivity (Wildman–Crippen MR) is 296 cm³/mol. The molecule has 0 heterocycles. The lowest BCUT2D eigenvalue weighted by molar-refractivity contribution is -0.889. The Morgan fingerprint density at radius 3 is 1.19 bits per heavy atom. The van der Waals surface area contributed by atoms with Crippen molar-refractivity contribution in [3.63, 3.8) is 0 Å². The zero-order chi connectivity index (χ0) is 51.3. The smallest absolute Gasteiger partial charge is 0.306 e. The van der Waals surface area contributed by atoms with Gasteiger partial charge in [-0.25, -0.2) is 0 Å². The highest BCUT2D eigenvalue weighted by atomic mass is 16.6. The molecule has 2 atom stereocenters. The number of ether oxygens (including phenoxy) is 3. The van der Waals surface area contributed by atoms with Crippen LogP contribution >= 0.6 is 0 Å². The SMILES string of the molecule is CC/C=C/C/C=C/C/C=C/C/C=C/CCCCCCCCCCCCC(=O)OCC(COCCC(C(=O)[O-])[N+](C)(C)C)OC(=O)CCCCCCCCC/C=C/C/C=C/CCCCCCCCCCC. The van der Waals surface area contributed by atoms with E-state index in [1.165, 1.54) is 141 Å². The number of quaternary nitrogens is 1. The molecule has 0 fully saturated rings. The molecule has 404 valence electrons. The lowest BCUT2D eigenvalue weighted by Gasteiger charge is -2.34. The van der Waals surface area contributed by atoms with Crippen molar-refractivity contribution in [2.45, 2.75) is 264 Å². The van der Waals surface area contributed by atoms with E-state index in [0.717, 1.165) is 77.0 Å². The topological polar surface area (TPSA) is 102 Å². The first-order valence-electron chi connectivity index (χ1n) is 29.0. The first-order valence-corrected chi connectivity index (χ1v) is 29.0. The zero-order valence-corrected chi connectivity index (χ0v) is 46.2. The standard InChI is InChI=1S/C62H109NO7/c1-6-8-10-12-14-16-18-20-22-24-26-28-30-32-34-36-38-40-42-44-46-48-50-52-60(64)69-57-58(56-68-55-54-59(62(66)67)63(3,4)5)70-61(65)53-51-49-47-45-43-41-39-37-35-33-31-29-27-25-23-21-19-17-15-13-11-9-7-2/h8,10,14,16,20,22,26-29,33,35,58-59H,6-7,9,11-13,15,17-19,21,23-25,30-32,34,36-57H2,1-5H3/b10-8+,16-14+,22-20+,28-26+,29-27+,35-33+. The summed E-state index contributed by atoms with van der Waals surface area (Å²) < 4.78 is 17.3. The van der Waals surface area contributed by atoms with Crippen LogP contribution in [0.15, 0.2) is 72.9 Å². The van der Waals surface area contributed by atoms with Gasteiger partial charge in [0.2, 0.25) is 0 Å². The van der Waals surface area contributed by atoms with E-state index in [-0.39, 0.29) is 42.7 Å². The van der Waals surface area contributed by atoms with Gasteiger partial charge in [0.05, 0.1) is 40.3 Å². The van der Waals surface area contributed by atoms with E-state index in [4.69, 9.17) is 14.2 Å². The van der Waals surface area contributed by atoms with Crippen LogP contribution in [0.1, 0.15) is 251 Å². The van der Waals surface area contributed by atoms with E-state index in [2.05, 4.69) is 86.8 Å². The number of carbonyl (C=O) groups is 3. The average molecular weight is 981 g/mol. The molecular weight excluding hydrogens is 871 g/mol. The number of allylic oxidation sites excluding steroid dienone is 12. The van der Waals surface area contributed by atoms with E-state index < -0.39 is 18.1 Å². The molecule has 0 aromatic rings. The maximum absolute atomic E-state index is 12.8. The summed E-state index contributed by atoms with van der Waals surface area (Å²) in [6, 6.07) is -0.732. The number of likely N-dealkylation sites (N-methyl/N-ethyl adjacent to an activating group) is 1. The van der Waals surface area contributed by atoms with Gasteiger partial charge in [-0.05, 0) is 83.5 Å². The number of rotatable bonds is 52. The Bertz CT molecular complexity index is 1370. The number of carboxylic acids is 1. The van der Waals surface area contributed by atoms with Gasteiger partial charge in [-0.3, -0.25) is 9.59 Å². The van der Waals surface area contributed by atoms with Crippen molar-refractivity contribution in [2.75, 3.05) is 41.0 Å². The van der Waals surface area contributed by atoms with E-state index >= 15 is 0 Å². The minimum absolute atomic E-state index is 0.0342. The van der Waals surface area contributed by atoms with Crippen LogP contribution in [0.4, 0.5) is 0 Å². The normalized spacial score (nSPS) is 13.3. The maximum Gasteiger partial charge on any atom is 0.306 e. The molecule has 70 heavy (non-hydrogen) atoms. The zero-order valence-electron chi connectivity index (χ0n) is 46.2. The van der Waals surface area contributed by atoms with Gasteiger partial charge in [0, 0.05) is 19.3 Å². The summed E-state index contributed by atoms with van der Waals surface area (Å²) >= 11 is 0. The van der Waals surface area contributed by atoms with E-state index in [0.29, 0.717) is 12.8 Å². The molecule has 0 aliphatic rings.